The Balaban J connectivity index is 0.000000179. The molecule has 5 aromatic heterocycles. The Labute approximate surface area is 533 Å². The average Bonchev–Trinajstić information content (AvgIpc) is 3.87. The largest absolute Gasteiger partial charge is 0.355 e. The van der Waals surface area contributed by atoms with Crippen LogP contribution in [0.25, 0.3) is 0 Å². The number of rotatable bonds is 17. The summed E-state index contributed by atoms with van der Waals surface area (Å²) in [7, 11) is 6.96. The van der Waals surface area contributed by atoms with Gasteiger partial charge in [0, 0.05) is 116 Å². The predicted octanol–water partition coefficient (Wildman–Crippen LogP) is 13.1. The number of nitrogens with zero attached hydrogens (tertiary/aromatic N) is 10. The molecule has 19 nitrogen and oxygen atoms in total. The summed E-state index contributed by atoms with van der Waals surface area (Å²) in [5, 5.41) is 13.4. The molecule has 0 atom stereocenters. The van der Waals surface area contributed by atoms with E-state index in [1.807, 2.05) is 124 Å². The van der Waals surface area contributed by atoms with Crippen molar-refractivity contribution in [3.05, 3.63) is 212 Å². The Hall–Kier alpha value is -8.52. The van der Waals surface area contributed by atoms with Crippen molar-refractivity contribution in [1.82, 2.24) is 47.8 Å². The second-order valence-corrected chi connectivity index (χ2v) is 25.1. The summed E-state index contributed by atoms with van der Waals surface area (Å²) in [5.74, 6) is 4.51. The van der Waals surface area contributed by atoms with Gasteiger partial charge in [0.1, 0.15) is 5.82 Å². The van der Waals surface area contributed by atoms with Gasteiger partial charge in [0.15, 0.2) is 0 Å². The van der Waals surface area contributed by atoms with Crippen LogP contribution in [0.2, 0.25) is 5.02 Å². The first-order valence-electron chi connectivity index (χ1n) is 31.2. The van der Waals surface area contributed by atoms with E-state index in [1.54, 1.807) is 95.9 Å². The molecule has 482 valence electrons. The lowest BCUT2D eigenvalue weighted by Gasteiger charge is -2.22. The maximum Gasteiger partial charge on any atom is 0.258 e. The number of aromatic nitrogens is 10. The van der Waals surface area contributed by atoms with Crippen molar-refractivity contribution in [2.24, 2.45) is 40.0 Å². The van der Waals surface area contributed by atoms with E-state index in [2.05, 4.69) is 46.2 Å². The van der Waals surface area contributed by atoms with E-state index < -0.39 is 0 Å². The molecule has 0 bridgehead atoms. The van der Waals surface area contributed by atoms with Crippen LogP contribution in [0.4, 0.5) is 39.6 Å². The first kappa shape index (κ1) is 70.6. The number of halogens is 2. The fraction of sp³-hybridized carbons (Fsp3) is 0.449. The molecule has 3 aromatic carbocycles. The van der Waals surface area contributed by atoms with Gasteiger partial charge < -0.3 is 21.3 Å². The number of hydrogen-bond acceptors (Lipinski definition) is 14. The highest BCUT2D eigenvalue weighted by atomic mass is 35.5. The minimum Gasteiger partial charge on any atom is -0.355 e. The quantitative estimate of drug-likeness (QED) is 0.0666. The molecular formula is C69H92ClFN14O5. The van der Waals surface area contributed by atoms with Crippen LogP contribution in [0.1, 0.15) is 177 Å². The molecule has 0 unspecified atom stereocenters. The molecule has 2 aliphatic rings. The maximum absolute atomic E-state index is 12.8. The van der Waals surface area contributed by atoms with Gasteiger partial charge in [0.2, 0.25) is 23.8 Å². The first-order valence-corrected chi connectivity index (χ1v) is 31.6. The normalized spacial score (nSPS) is 12.9. The Morgan fingerprint density at radius 1 is 0.456 bits per heavy atom. The minimum atomic E-state index is -0.303. The number of anilines is 6. The zero-order valence-electron chi connectivity index (χ0n) is 54.9. The van der Waals surface area contributed by atoms with Gasteiger partial charge in [-0.15, -0.1) is 0 Å². The molecule has 4 N–H and O–H groups in total. The van der Waals surface area contributed by atoms with Crippen molar-refractivity contribution in [3.63, 3.8) is 0 Å². The van der Waals surface area contributed by atoms with E-state index in [9.17, 15) is 28.4 Å². The summed E-state index contributed by atoms with van der Waals surface area (Å²) >= 11 is 5.83. The van der Waals surface area contributed by atoms with Crippen LogP contribution in [0.15, 0.2) is 140 Å². The average molecular weight is 1250 g/mol. The third-order valence-corrected chi connectivity index (χ3v) is 16.0. The first-order chi connectivity index (χ1) is 42.8. The van der Waals surface area contributed by atoms with Crippen molar-refractivity contribution >= 4 is 46.8 Å². The molecule has 0 saturated heterocycles. The number of hydrogen-bond donors (Lipinski definition) is 4. The highest BCUT2D eigenvalue weighted by molar-refractivity contribution is 6.30. The van der Waals surface area contributed by atoms with E-state index in [4.69, 9.17) is 11.6 Å². The van der Waals surface area contributed by atoms with Gasteiger partial charge in [0.25, 0.3) is 27.8 Å². The Bertz CT molecular complexity index is 3890. The molecular weight excluding hydrogens is 1160 g/mol. The molecule has 2 aliphatic carbocycles. The molecule has 0 spiro atoms. The molecule has 2 saturated carbocycles. The summed E-state index contributed by atoms with van der Waals surface area (Å²) in [5.41, 5.74) is 6.41. The van der Waals surface area contributed by atoms with E-state index in [0.29, 0.717) is 46.6 Å². The smallest absolute Gasteiger partial charge is 0.258 e. The second-order valence-electron chi connectivity index (χ2n) is 24.6. The maximum atomic E-state index is 12.8. The molecule has 8 aromatic rings. The van der Waals surface area contributed by atoms with E-state index in [-0.39, 0.29) is 63.2 Å². The lowest BCUT2D eigenvalue weighted by atomic mass is 9.89. The van der Waals surface area contributed by atoms with E-state index in [0.717, 1.165) is 58.4 Å². The fourth-order valence-electron chi connectivity index (χ4n) is 9.65. The van der Waals surface area contributed by atoms with Gasteiger partial charge in [0.05, 0.1) is 12.9 Å². The topological polar surface area (TPSA) is 223 Å². The van der Waals surface area contributed by atoms with E-state index >= 15 is 0 Å². The molecule has 90 heavy (non-hydrogen) atoms. The van der Waals surface area contributed by atoms with Crippen LogP contribution in [0.3, 0.4) is 0 Å². The number of nitrogens with one attached hydrogen (secondary N) is 4. The van der Waals surface area contributed by atoms with Crippen LogP contribution in [-0.4, -0.2) is 60.8 Å². The Morgan fingerprint density at radius 3 is 1.22 bits per heavy atom. The van der Waals surface area contributed by atoms with Crippen molar-refractivity contribution < 1.29 is 4.39 Å². The monoisotopic (exact) mass is 1250 g/mol. The molecule has 0 aliphatic heterocycles. The van der Waals surface area contributed by atoms with Gasteiger partial charge in [-0.25, -0.2) is 29.3 Å². The molecule has 5 heterocycles. The highest BCUT2D eigenvalue weighted by Crippen LogP contribution is 2.29. The minimum absolute atomic E-state index is 0.00145. The highest BCUT2D eigenvalue weighted by Gasteiger charge is 2.22. The van der Waals surface area contributed by atoms with Crippen molar-refractivity contribution in [2.45, 2.75) is 150 Å². The molecule has 0 radical (unpaired) electrons. The van der Waals surface area contributed by atoms with Crippen LogP contribution >= 0.6 is 11.6 Å². The lowest BCUT2D eigenvalue weighted by molar-refractivity contribution is 0.372. The van der Waals surface area contributed by atoms with Crippen LogP contribution < -0.4 is 49.1 Å². The van der Waals surface area contributed by atoms with Gasteiger partial charge in [-0.1, -0.05) is 130 Å². The van der Waals surface area contributed by atoms with E-state index in [1.165, 1.54) is 61.6 Å². The van der Waals surface area contributed by atoms with Gasteiger partial charge in [-0.3, -0.25) is 46.8 Å². The van der Waals surface area contributed by atoms with Crippen molar-refractivity contribution in [2.75, 3.05) is 34.4 Å². The Kier molecular flexibility index (Phi) is 26.6. The van der Waals surface area contributed by atoms with Gasteiger partial charge >= 0.3 is 0 Å². The standard InChI is InChI=1S/C15H25N3O.C14H15ClN2O.C14H16FN3O.C14H17N3O.C12H19N3O/c1-11(2)13-10-17-15(18(3)14(13)19)16-9-12-7-5-4-6-8-12;1-10(2)13-7-16-9-17(14(13)18)8-11-3-5-12(15)6-4-11;1-9(2)12-8-16-14(18(3)13(12)19)17-11-6-4-10(15)5-7-11;1-10(2)12-9-15-14(17(3)13(12)18)16-11-7-5-4-6-8-11;1-8(2)10-7-14-12(15(3)11(10)16)13-6-9-4-5-9/h10-12H,4-9H2,1-3H3,(H,16,17);3-7,9-10H,8H2,1-2H3;4-9H,1-3H3,(H,16,17);4-10H,1-3H3,(H,15,16);7-9H,4-6H2,1-3H3,(H,13,14). The summed E-state index contributed by atoms with van der Waals surface area (Å²) in [6.07, 6.45) is 19.1. The Morgan fingerprint density at radius 2 is 0.822 bits per heavy atom. The lowest BCUT2D eigenvalue weighted by Crippen LogP contribution is -2.27. The third kappa shape index (κ3) is 20.5. The van der Waals surface area contributed by atoms with Gasteiger partial charge in [-0.2, -0.15) is 0 Å². The second kappa shape index (κ2) is 33.9. The fourth-order valence-corrected chi connectivity index (χ4v) is 9.78. The van der Waals surface area contributed by atoms with Crippen LogP contribution in [0.5, 0.6) is 0 Å². The van der Waals surface area contributed by atoms with Crippen molar-refractivity contribution in [1.29, 1.82) is 0 Å². The zero-order chi connectivity index (χ0) is 65.8. The third-order valence-electron chi connectivity index (χ3n) is 15.7. The molecule has 21 heteroatoms. The predicted molar refractivity (Wildman–Crippen MR) is 363 cm³/mol. The van der Waals surface area contributed by atoms with Gasteiger partial charge in [-0.05, 0) is 121 Å². The summed E-state index contributed by atoms with van der Waals surface area (Å²) in [6, 6.07) is 23.0. The number of para-hydroxylation sites is 1. The summed E-state index contributed by atoms with van der Waals surface area (Å²) < 4.78 is 20.7. The molecule has 10 rings (SSSR count). The van der Waals surface area contributed by atoms with Crippen LogP contribution in [0, 0.1) is 17.7 Å². The SMILES string of the molecule is CC(C)c1cnc(NCC2CC2)n(C)c1=O.CC(C)c1cnc(NCC2CCCCC2)n(C)c1=O.CC(C)c1cnc(Nc2ccc(F)cc2)n(C)c1=O.CC(C)c1cnc(Nc2ccccc2)n(C)c1=O.CC(C)c1cncn(Cc2ccc(Cl)cc2)c1=O. The van der Waals surface area contributed by atoms with Crippen molar-refractivity contribution in [3.8, 4) is 0 Å². The summed E-state index contributed by atoms with van der Waals surface area (Å²) in [4.78, 5) is 81.9. The molecule has 2 fully saturated rings. The summed E-state index contributed by atoms with van der Waals surface area (Å²) in [6.45, 7) is 22.3. The zero-order valence-corrected chi connectivity index (χ0v) is 55.6. The molecule has 0 amide bonds. The van der Waals surface area contributed by atoms with Crippen LogP contribution in [-0.2, 0) is 34.7 Å². The number of benzene rings is 3.